The Bertz CT molecular complexity index is 497. The van der Waals surface area contributed by atoms with Gasteiger partial charge in [-0.2, -0.15) is 0 Å². The molecule has 1 aromatic rings. The van der Waals surface area contributed by atoms with Gasteiger partial charge in [0.05, 0.1) is 5.57 Å². The zero-order valence-corrected chi connectivity index (χ0v) is 9.00. The van der Waals surface area contributed by atoms with Crippen LogP contribution in [0.25, 0.3) is 0 Å². The first-order chi connectivity index (χ1) is 7.99. The van der Waals surface area contributed by atoms with Gasteiger partial charge in [-0.3, -0.25) is 4.79 Å². The number of hydrogen-bond acceptors (Lipinski definition) is 4. The van der Waals surface area contributed by atoms with Crippen molar-refractivity contribution in [1.29, 1.82) is 0 Å². The summed E-state index contributed by atoms with van der Waals surface area (Å²) in [5, 5.41) is 28.1. The summed E-state index contributed by atoms with van der Waals surface area (Å²) in [6, 6.07) is 8.50. The molecule has 88 valence electrons. The number of aliphatic hydroxyl groups is 3. The van der Waals surface area contributed by atoms with Crippen LogP contribution < -0.4 is 0 Å². The molecule has 0 fully saturated rings. The first-order valence-electron chi connectivity index (χ1n) is 5.16. The maximum Gasteiger partial charge on any atom is 0.196 e. The van der Waals surface area contributed by atoms with Gasteiger partial charge in [-0.15, -0.1) is 0 Å². The molecule has 0 aliphatic heterocycles. The molecule has 0 bridgehead atoms. The van der Waals surface area contributed by atoms with Gasteiger partial charge >= 0.3 is 0 Å². The fourth-order valence-electron chi connectivity index (χ4n) is 1.67. The van der Waals surface area contributed by atoms with Crippen LogP contribution in [0, 0.1) is 0 Å². The Morgan fingerprint density at radius 1 is 1.18 bits per heavy atom. The van der Waals surface area contributed by atoms with Crippen molar-refractivity contribution in [2.24, 2.45) is 0 Å². The van der Waals surface area contributed by atoms with Gasteiger partial charge in [-0.05, 0) is 0 Å². The maximum atomic E-state index is 12.0. The summed E-state index contributed by atoms with van der Waals surface area (Å²) in [6.07, 6.45) is 2.07. The summed E-state index contributed by atoms with van der Waals surface area (Å²) < 4.78 is 0. The van der Waals surface area contributed by atoms with Crippen LogP contribution >= 0.6 is 0 Å². The maximum absolute atomic E-state index is 12.0. The van der Waals surface area contributed by atoms with Crippen LogP contribution in [0.15, 0.2) is 53.8 Å². The second-order valence-corrected chi connectivity index (χ2v) is 3.93. The Labute approximate surface area is 98.1 Å². The molecule has 0 spiro atoms. The van der Waals surface area contributed by atoms with Crippen LogP contribution in [0.1, 0.15) is 16.8 Å². The number of aliphatic hydroxyl groups excluding tert-OH is 1. The molecule has 0 saturated carbocycles. The number of benzene rings is 1. The monoisotopic (exact) mass is 232 g/mol. The van der Waals surface area contributed by atoms with Crippen molar-refractivity contribution in [1.82, 2.24) is 0 Å². The van der Waals surface area contributed by atoms with Gasteiger partial charge in [0, 0.05) is 18.1 Å². The molecule has 0 unspecified atom stereocenters. The molecule has 4 heteroatoms. The van der Waals surface area contributed by atoms with E-state index in [0.29, 0.717) is 5.56 Å². The minimum absolute atomic E-state index is 0.0925. The number of carbonyl (C=O) groups is 1. The Balaban J connectivity index is 2.29. The first-order valence-corrected chi connectivity index (χ1v) is 5.16. The van der Waals surface area contributed by atoms with Gasteiger partial charge in [0.25, 0.3) is 0 Å². The summed E-state index contributed by atoms with van der Waals surface area (Å²) in [5.74, 6) is -2.82. The molecule has 1 aromatic carbocycles. The first kappa shape index (κ1) is 11.6. The van der Waals surface area contributed by atoms with E-state index in [4.69, 9.17) is 0 Å². The highest BCUT2D eigenvalue weighted by Crippen LogP contribution is 2.25. The van der Waals surface area contributed by atoms with Crippen LogP contribution in [0.4, 0.5) is 0 Å². The minimum atomic E-state index is -2.08. The van der Waals surface area contributed by atoms with E-state index in [1.807, 2.05) is 0 Å². The molecule has 0 radical (unpaired) electrons. The van der Waals surface area contributed by atoms with Gasteiger partial charge in [-0.25, -0.2) is 0 Å². The molecule has 4 nitrogen and oxygen atoms in total. The lowest BCUT2D eigenvalue weighted by Gasteiger charge is -2.21. The molecule has 0 aromatic heterocycles. The van der Waals surface area contributed by atoms with Crippen molar-refractivity contribution in [2.45, 2.75) is 12.2 Å². The lowest BCUT2D eigenvalue weighted by Crippen LogP contribution is -2.28. The molecule has 0 atom stereocenters. The van der Waals surface area contributed by atoms with Gasteiger partial charge < -0.3 is 15.3 Å². The lowest BCUT2D eigenvalue weighted by atomic mass is 9.94. The van der Waals surface area contributed by atoms with E-state index in [2.05, 4.69) is 0 Å². The Hall–Kier alpha value is -1.91. The van der Waals surface area contributed by atoms with Gasteiger partial charge in [0.1, 0.15) is 5.76 Å². The number of rotatable bonds is 2. The largest absolute Gasteiger partial charge is 0.507 e. The summed E-state index contributed by atoms with van der Waals surface area (Å²) >= 11 is 0. The van der Waals surface area contributed by atoms with Crippen molar-refractivity contribution in [2.75, 3.05) is 0 Å². The average molecular weight is 232 g/mol. The number of allylic oxidation sites excluding steroid dienone is 1. The molecule has 1 aliphatic carbocycles. The molecule has 0 saturated heterocycles. The molecule has 0 amide bonds. The van der Waals surface area contributed by atoms with E-state index in [1.165, 1.54) is 6.08 Å². The molecular weight excluding hydrogens is 220 g/mol. The average Bonchev–Trinajstić information content (AvgIpc) is 2.28. The third-order valence-electron chi connectivity index (χ3n) is 2.53. The van der Waals surface area contributed by atoms with Crippen molar-refractivity contribution < 1.29 is 20.1 Å². The van der Waals surface area contributed by atoms with Crippen molar-refractivity contribution in [3.63, 3.8) is 0 Å². The van der Waals surface area contributed by atoms with Crippen LogP contribution in [0.5, 0.6) is 0 Å². The summed E-state index contributed by atoms with van der Waals surface area (Å²) in [6.45, 7) is 0. The third-order valence-corrected chi connectivity index (χ3v) is 2.53. The van der Waals surface area contributed by atoms with E-state index < -0.39 is 11.5 Å². The van der Waals surface area contributed by atoms with Crippen LogP contribution in [0.3, 0.4) is 0 Å². The van der Waals surface area contributed by atoms with Gasteiger partial charge in [-0.1, -0.05) is 36.4 Å². The lowest BCUT2D eigenvalue weighted by molar-refractivity contribution is -0.117. The fraction of sp³-hybridized carbons (Fsp3) is 0.154. The Kier molecular flexibility index (Phi) is 2.83. The number of ketones is 1. The normalized spacial score (nSPS) is 18.2. The summed E-state index contributed by atoms with van der Waals surface area (Å²) in [5.41, 5.74) is 0.539. The standard InChI is InChI=1S/C13H12O4/c14-11-8-13(16,17)7-6-10(11)12(15)9-4-2-1-3-5-9/h1-6,8,14,16-17H,7H2. The van der Waals surface area contributed by atoms with Crippen molar-refractivity contribution >= 4 is 5.78 Å². The van der Waals surface area contributed by atoms with Crippen molar-refractivity contribution in [3.05, 3.63) is 59.4 Å². The van der Waals surface area contributed by atoms with Gasteiger partial charge in [0.2, 0.25) is 0 Å². The molecule has 3 N–H and O–H groups in total. The van der Waals surface area contributed by atoms with E-state index in [9.17, 15) is 20.1 Å². The SMILES string of the molecule is O=C(C1=CCC(O)(O)C=C1O)c1ccccc1. The predicted octanol–water partition coefficient (Wildman–Crippen LogP) is 1.32. The molecule has 1 aliphatic rings. The number of Topliss-reactive ketones (excluding diaryl/α,β-unsaturated/α-hetero) is 1. The predicted molar refractivity (Wildman–Crippen MR) is 61.4 cm³/mol. The highest BCUT2D eigenvalue weighted by molar-refractivity contribution is 6.11. The van der Waals surface area contributed by atoms with E-state index >= 15 is 0 Å². The molecule has 0 heterocycles. The fourth-order valence-corrected chi connectivity index (χ4v) is 1.67. The van der Waals surface area contributed by atoms with Crippen LogP contribution in [-0.4, -0.2) is 26.9 Å². The second-order valence-electron chi connectivity index (χ2n) is 3.93. The number of carbonyl (C=O) groups excluding carboxylic acids is 1. The summed E-state index contributed by atoms with van der Waals surface area (Å²) in [4.78, 5) is 12.0. The summed E-state index contributed by atoms with van der Waals surface area (Å²) in [7, 11) is 0. The smallest absolute Gasteiger partial charge is 0.196 e. The molecule has 17 heavy (non-hydrogen) atoms. The third kappa shape index (κ3) is 2.43. The second kappa shape index (κ2) is 4.16. The minimum Gasteiger partial charge on any atom is -0.507 e. The van der Waals surface area contributed by atoms with Crippen LogP contribution in [0.2, 0.25) is 0 Å². The van der Waals surface area contributed by atoms with Crippen molar-refractivity contribution in [3.8, 4) is 0 Å². The molecule has 2 rings (SSSR count). The van der Waals surface area contributed by atoms with Crippen LogP contribution in [-0.2, 0) is 0 Å². The topological polar surface area (TPSA) is 77.8 Å². The quantitative estimate of drug-likeness (QED) is 0.531. The molecular formula is C13H12O4. The van der Waals surface area contributed by atoms with E-state index in [-0.39, 0.29) is 17.8 Å². The Morgan fingerprint density at radius 3 is 2.41 bits per heavy atom. The zero-order chi connectivity index (χ0) is 12.5. The highest BCUT2D eigenvalue weighted by Gasteiger charge is 2.28. The van der Waals surface area contributed by atoms with E-state index in [1.54, 1.807) is 30.3 Å². The van der Waals surface area contributed by atoms with Gasteiger partial charge in [0.15, 0.2) is 11.6 Å². The highest BCUT2D eigenvalue weighted by atomic mass is 16.5. The van der Waals surface area contributed by atoms with E-state index in [0.717, 1.165) is 6.08 Å². The Morgan fingerprint density at radius 2 is 1.82 bits per heavy atom. The zero-order valence-electron chi connectivity index (χ0n) is 9.00. The number of hydrogen-bond donors (Lipinski definition) is 3.